The number of halogens is 1. The number of aryl methyl sites for hydroxylation is 1. The van der Waals surface area contributed by atoms with Gasteiger partial charge in [-0.3, -0.25) is 4.79 Å². The van der Waals surface area contributed by atoms with Gasteiger partial charge in [-0.05, 0) is 36.6 Å². The number of benzene rings is 2. The van der Waals surface area contributed by atoms with Gasteiger partial charge in [0.1, 0.15) is 5.75 Å². The van der Waals surface area contributed by atoms with Gasteiger partial charge in [0.05, 0.1) is 13.0 Å². The van der Waals surface area contributed by atoms with Crippen LogP contribution in [0.1, 0.15) is 23.5 Å². The molecule has 0 bridgehead atoms. The lowest BCUT2D eigenvalue weighted by molar-refractivity contribution is -0.139. The fourth-order valence-corrected chi connectivity index (χ4v) is 2.53. The molecule has 0 radical (unpaired) electrons. The molecular formula is C17H17ClO3. The predicted molar refractivity (Wildman–Crippen MR) is 83.1 cm³/mol. The summed E-state index contributed by atoms with van der Waals surface area (Å²) in [5.41, 5.74) is 1.73. The molecule has 0 saturated carbocycles. The summed E-state index contributed by atoms with van der Waals surface area (Å²) in [6, 6.07) is 14.9. The first-order valence-electron chi connectivity index (χ1n) is 6.72. The van der Waals surface area contributed by atoms with E-state index in [1.807, 2.05) is 30.3 Å². The van der Waals surface area contributed by atoms with Gasteiger partial charge in [0, 0.05) is 10.6 Å². The van der Waals surface area contributed by atoms with Gasteiger partial charge in [0.2, 0.25) is 0 Å². The zero-order valence-corrected chi connectivity index (χ0v) is 12.5. The van der Waals surface area contributed by atoms with Crippen LogP contribution in [-0.4, -0.2) is 18.2 Å². The molecule has 0 heterocycles. The zero-order chi connectivity index (χ0) is 15.2. The van der Waals surface area contributed by atoms with Crippen molar-refractivity contribution < 1.29 is 14.6 Å². The minimum atomic E-state index is -0.869. The summed E-state index contributed by atoms with van der Waals surface area (Å²) in [6.45, 7) is 0. The molecule has 3 nitrogen and oxygen atoms in total. The first-order chi connectivity index (χ1) is 10.1. The summed E-state index contributed by atoms with van der Waals surface area (Å²) in [5.74, 6) is -0.954. The van der Waals surface area contributed by atoms with Crippen molar-refractivity contribution in [1.82, 2.24) is 0 Å². The lowest BCUT2D eigenvalue weighted by atomic mass is 9.91. The van der Waals surface area contributed by atoms with Gasteiger partial charge in [0.15, 0.2) is 0 Å². The van der Waals surface area contributed by atoms with E-state index in [1.54, 1.807) is 18.2 Å². The molecule has 2 aromatic carbocycles. The molecule has 0 aliphatic carbocycles. The third-order valence-electron chi connectivity index (χ3n) is 3.43. The van der Waals surface area contributed by atoms with Crippen molar-refractivity contribution in [3.63, 3.8) is 0 Å². The highest BCUT2D eigenvalue weighted by molar-refractivity contribution is 6.30. The van der Waals surface area contributed by atoms with Gasteiger partial charge in [-0.15, -0.1) is 0 Å². The Bertz CT molecular complexity index is 611. The first kappa shape index (κ1) is 15.4. The van der Waals surface area contributed by atoms with Crippen molar-refractivity contribution in [2.45, 2.75) is 18.8 Å². The summed E-state index contributed by atoms with van der Waals surface area (Å²) in [4.78, 5) is 11.6. The van der Waals surface area contributed by atoms with Gasteiger partial charge >= 0.3 is 5.97 Å². The minimum Gasteiger partial charge on any atom is -0.496 e. The summed E-state index contributed by atoms with van der Waals surface area (Å²) in [6.07, 6.45) is 1.18. The molecule has 0 fully saturated rings. The first-order valence-corrected chi connectivity index (χ1v) is 7.09. The van der Waals surface area contributed by atoms with Crippen LogP contribution in [0.15, 0.2) is 48.5 Å². The third kappa shape index (κ3) is 3.99. The maximum Gasteiger partial charge on any atom is 0.311 e. The third-order valence-corrected chi connectivity index (χ3v) is 3.66. The van der Waals surface area contributed by atoms with E-state index in [-0.39, 0.29) is 0 Å². The van der Waals surface area contributed by atoms with Crippen LogP contribution in [0.5, 0.6) is 5.75 Å². The molecule has 0 amide bonds. The Morgan fingerprint density at radius 2 is 1.95 bits per heavy atom. The fourth-order valence-electron chi connectivity index (χ4n) is 2.35. The van der Waals surface area contributed by atoms with Gasteiger partial charge < -0.3 is 9.84 Å². The average molecular weight is 305 g/mol. The number of aliphatic carboxylic acids is 1. The van der Waals surface area contributed by atoms with Crippen molar-refractivity contribution in [2.75, 3.05) is 7.11 Å². The number of methoxy groups -OCH3 is 1. The Kier molecular flexibility index (Phi) is 5.23. The Hall–Kier alpha value is -2.00. The fraction of sp³-hybridized carbons (Fsp3) is 0.235. The smallest absolute Gasteiger partial charge is 0.311 e. The molecule has 2 rings (SSSR count). The van der Waals surface area contributed by atoms with Crippen molar-refractivity contribution in [2.24, 2.45) is 0 Å². The molecule has 2 aromatic rings. The lowest BCUT2D eigenvalue weighted by Gasteiger charge is -2.16. The van der Waals surface area contributed by atoms with Crippen LogP contribution in [0.4, 0.5) is 0 Å². The molecule has 110 valence electrons. The molecule has 0 saturated heterocycles. The highest BCUT2D eigenvalue weighted by Crippen LogP contribution is 2.32. The monoisotopic (exact) mass is 304 g/mol. The second-order valence-corrected chi connectivity index (χ2v) is 5.24. The van der Waals surface area contributed by atoms with E-state index in [0.29, 0.717) is 29.2 Å². The Balaban J connectivity index is 2.23. The minimum absolute atomic E-state index is 0.496. The normalized spacial score (nSPS) is 11.9. The van der Waals surface area contributed by atoms with Crippen LogP contribution >= 0.6 is 11.6 Å². The largest absolute Gasteiger partial charge is 0.496 e. The summed E-state index contributed by atoms with van der Waals surface area (Å²) < 4.78 is 5.26. The van der Waals surface area contributed by atoms with E-state index in [4.69, 9.17) is 16.3 Å². The summed E-state index contributed by atoms with van der Waals surface area (Å²) >= 11 is 5.99. The van der Waals surface area contributed by atoms with E-state index in [2.05, 4.69) is 0 Å². The van der Waals surface area contributed by atoms with Gasteiger partial charge in [-0.25, -0.2) is 0 Å². The van der Waals surface area contributed by atoms with Gasteiger partial charge in [-0.2, -0.15) is 0 Å². The van der Waals surface area contributed by atoms with Crippen LogP contribution in [0.2, 0.25) is 5.02 Å². The van der Waals surface area contributed by atoms with E-state index in [1.165, 1.54) is 7.11 Å². The number of hydrogen-bond acceptors (Lipinski definition) is 2. The molecule has 1 atom stereocenters. The molecule has 1 unspecified atom stereocenters. The van der Waals surface area contributed by atoms with Gasteiger partial charge in [0.25, 0.3) is 0 Å². The topological polar surface area (TPSA) is 46.5 Å². The lowest BCUT2D eigenvalue weighted by Crippen LogP contribution is -2.14. The SMILES string of the molecule is COc1ccc(Cl)cc1C(CCc1ccccc1)C(=O)O. The maximum absolute atomic E-state index is 11.6. The summed E-state index contributed by atoms with van der Waals surface area (Å²) in [7, 11) is 1.53. The zero-order valence-electron chi connectivity index (χ0n) is 11.8. The highest BCUT2D eigenvalue weighted by Gasteiger charge is 2.23. The van der Waals surface area contributed by atoms with Crippen LogP contribution in [-0.2, 0) is 11.2 Å². The number of rotatable bonds is 6. The van der Waals surface area contributed by atoms with Crippen LogP contribution in [0, 0.1) is 0 Å². The van der Waals surface area contributed by atoms with E-state index in [9.17, 15) is 9.90 Å². The van der Waals surface area contributed by atoms with E-state index < -0.39 is 11.9 Å². The number of hydrogen-bond donors (Lipinski definition) is 1. The average Bonchev–Trinajstić information content (AvgIpc) is 2.48. The van der Waals surface area contributed by atoms with E-state index in [0.717, 1.165) is 5.56 Å². The molecule has 0 aromatic heterocycles. The van der Waals surface area contributed by atoms with Crippen LogP contribution < -0.4 is 4.74 Å². The van der Waals surface area contributed by atoms with Crippen molar-refractivity contribution >= 4 is 17.6 Å². The quantitative estimate of drug-likeness (QED) is 0.872. The van der Waals surface area contributed by atoms with Gasteiger partial charge in [-0.1, -0.05) is 41.9 Å². The van der Waals surface area contributed by atoms with Crippen molar-refractivity contribution in [3.05, 3.63) is 64.7 Å². The number of carboxylic acid groups (broad SMARTS) is 1. The molecule has 4 heteroatoms. The highest BCUT2D eigenvalue weighted by atomic mass is 35.5. The Labute approximate surface area is 129 Å². The van der Waals surface area contributed by atoms with Crippen molar-refractivity contribution in [3.8, 4) is 5.75 Å². The molecular weight excluding hydrogens is 288 g/mol. The number of carboxylic acids is 1. The van der Waals surface area contributed by atoms with Crippen LogP contribution in [0.3, 0.4) is 0 Å². The second-order valence-electron chi connectivity index (χ2n) is 4.80. The molecule has 21 heavy (non-hydrogen) atoms. The van der Waals surface area contributed by atoms with Crippen LogP contribution in [0.25, 0.3) is 0 Å². The summed E-state index contributed by atoms with van der Waals surface area (Å²) in [5, 5.41) is 10.0. The molecule has 0 aliphatic rings. The molecule has 1 N–H and O–H groups in total. The number of ether oxygens (including phenoxy) is 1. The molecule has 0 aliphatic heterocycles. The van der Waals surface area contributed by atoms with Crippen molar-refractivity contribution in [1.29, 1.82) is 0 Å². The predicted octanol–water partition coefficient (Wildman–Crippen LogP) is 4.15. The Morgan fingerprint density at radius 1 is 1.24 bits per heavy atom. The number of carbonyl (C=O) groups is 1. The molecule has 0 spiro atoms. The maximum atomic E-state index is 11.6. The standard InChI is InChI=1S/C17H17ClO3/c1-21-16-10-8-13(18)11-15(16)14(17(19)20)9-7-12-5-3-2-4-6-12/h2-6,8,10-11,14H,7,9H2,1H3,(H,19,20). The second kappa shape index (κ2) is 7.14. The van der Waals surface area contributed by atoms with E-state index >= 15 is 0 Å². The Morgan fingerprint density at radius 3 is 2.57 bits per heavy atom.